The van der Waals surface area contributed by atoms with Crippen LogP contribution in [0.4, 0.5) is 0 Å². The van der Waals surface area contributed by atoms with Crippen LogP contribution in [0, 0.1) is 0 Å². The molecule has 0 aromatic carbocycles. The van der Waals surface area contributed by atoms with E-state index in [9.17, 15) is 0 Å². The summed E-state index contributed by atoms with van der Waals surface area (Å²) in [5, 5.41) is 0. The number of rotatable bonds is 6. The highest BCUT2D eigenvalue weighted by Crippen LogP contribution is 2.23. The lowest BCUT2D eigenvalue weighted by molar-refractivity contribution is -0.0356. The third-order valence-electron chi connectivity index (χ3n) is 3.77. The Hall–Kier alpha value is -0.0400. The van der Waals surface area contributed by atoms with E-state index in [1.807, 2.05) is 0 Å². The largest absolute Gasteiger partial charge is 0.375 e. The highest BCUT2D eigenvalue weighted by molar-refractivity contribution is 4.67. The maximum Gasteiger partial charge on any atom is 0.0578 e. The summed E-state index contributed by atoms with van der Waals surface area (Å²) in [5.74, 6) is 0. The molecule has 0 bridgehead atoms. The van der Waals surface area contributed by atoms with Gasteiger partial charge in [-0.1, -0.05) is 58.8 Å². The van der Waals surface area contributed by atoms with Crippen LogP contribution in [0.5, 0.6) is 0 Å². The number of hydrogen-bond donors (Lipinski definition) is 0. The van der Waals surface area contributed by atoms with E-state index in [1.165, 1.54) is 70.6 Å². The molecule has 0 aromatic rings. The summed E-state index contributed by atoms with van der Waals surface area (Å²) in [5.41, 5.74) is 0. The maximum absolute atomic E-state index is 6.22. The molecule has 1 heteroatoms. The zero-order valence-corrected chi connectivity index (χ0v) is 11.3. The van der Waals surface area contributed by atoms with Gasteiger partial charge in [-0.2, -0.15) is 0 Å². The van der Waals surface area contributed by atoms with Crippen LogP contribution in [-0.4, -0.2) is 12.2 Å². The molecular weight excluding hydrogens is 196 g/mol. The Morgan fingerprint density at radius 3 is 2.31 bits per heavy atom. The fourth-order valence-corrected chi connectivity index (χ4v) is 2.64. The molecule has 0 radical (unpaired) electrons. The first kappa shape index (κ1) is 14.0. The van der Waals surface area contributed by atoms with E-state index in [4.69, 9.17) is 4.74 Å². The summed E-state index contributed by atoms with van der Waals surface area (Å²) < 4.78 is 6.22. The van der Waals surface area contributed by atoms with Crippen LogP contribution in [-0.2, 0) is 4.74 Å². The maximum atomic E-state index is 6.22. The fraction of sp³-hybridized carbons (Fsp3) is 1.00. The molecule has 16 heavy (non-hydrogen) atoms. The third kappa shape index (κ3) is 5.89. The first-order valence-electron chi connectivity index (χ1n) is 7.52. The lowest BCUT2D eigenvalue weighted by atomic mass is 9.99. The van der Waals surface area contributed by atoms with Crippen molar-refractivity contribution in [3.8, 4) is 0 Å². The van der Waals surface area contributed by atoms with Crippen molar-refractivity contribution >= 4 is 0 Å². The molecule has 2 atom stereocenters. The molecule has 96 valence electrons. The van der Waals surface area contributed by atoms with Gasteiger partial charge in [-0.15, -0.1) is 0 Å². The first-order valence-corrected chi connectivity index (χ1v) is 7.52. The van der Waals surface area contributed by atoms with E-state index < -0.39 is 0 Å². The van der Waals surface area contributed by atoms with Gasteiger partial charge in [-0.25, -0.2) is 0 Å². The smallest absolute Gasteiger partial charge is 0.0578 e. The molecule has 1 rings (SSSR count). The van der Waals surface area contributed by atoms with Crippen LogP contribution in [0.1, 0.15) is 84.5 Å². The van der Waals surface area contributed by atoms with Crippen molar-refractivity contribution in [2.75, 3.05) is 0 Å². The lowest BCUT2D eigenvalue weighted by Gasteiger charge is -2.27. The molecular formula is C15H30O. The monoisotopic (exact) mass is 226 g/mol. The first-order chi connectivity index (χ1) is 7.86. The Morgan fingerprint density at radius 1 is 0.875 bits per heavy atom. The fourth-order valence-electron chi connectivity index (χ4n) is 2.64. The van der Waals surface area contributed by atoms with Crippen molar-refractivity contribution in [3.63, 3.8) is 0 Å². The van der Waals surface area contributed by atoms with Crippen molar-refractivity contribution < 1.29 is 4.74 Å². The third-order valence-corrected chi connectivity index (χ3v) is 3.77. The summed E-state index contributed by atoms with van der Waals surface area (Å²) in [4.78, 5) is 0. The second-order valence-electron chi connectivity index (χ2n) is 5.28. The van der Waals surface area contributed by atoms with Gasteiger partial charge in [0.15, 0.2) is 0 Å². The van der Waals surface area contributed by atoms with E-state index in [1.54, 1.807) is 0 Å². The Bertz CT molecular complexity index is 156. The van der Waals surface area contributed by atoms with Gasteiger partial charge in [0.05, 0.1) is 12.2 Å². The number of hydrogen-bond acceptors (Lipinski definition) is 1. The Morgan fingerprint density at radius 2 is 1.62 bits per heavy atom. The minimum atomic E-state index is 0.552. The van der Waals surface area contributed by atoms with Gasteiger partial charge in [0.1, 0.15) is 0 Å². The van der Waals surface area contributed by atoms with Gasteiger partial charge in [-0.3, -0.25) is 0 Å². The van der Waals surface area contributed by atoms with Crippen LogP contribution in [0.15, 0.2) is 0 Å². The molecule has 0 aromatic heterocycles. The van der Waals surface area contributed by atoms with Crippen LogP contribution in [0.3, 0.4) is 0 Å². The topological polar surface area (TPSA) is 9.23 Å². The zero-order chi connectivity index (χ0) is 11.6. The Labute approximate surface area is 102 Å². The van der Waals surface area contributed by atoms with E-state index in [-0.39, 0.29) is 0 Å². The van der Waals surface area contributed by atoms with Crippen LogP contribution >= 0.6 is 0 Å². The van der Waals surface area contributed by atoms with Gasteiger partial charge < -0.3 is 4.74 Å². The predicted molar refractivity (Wildman–Crippen MR) is 70.8 cm³/mol. The normalized spacial score (nSPS) is 27.4. The van der Waals surface area contributed by atoms with Crippen molar-refractivity contribution in [2.45, 2.75) is 96.7 Å². The minimum absolute atomic E-state index is 0.552. The average molecular weight is 226 g/mol. The molecule has 0 aliphatic carbocycles. The number of unbranched alkanes of at least 4 members (excludes halogenated alkanes) is 3. The lowest BCUT2D eigenvalue weighted by Crippen LogP contribution is -2.23. The van der Waals surface area contributed by atoms with Gasteiger partial charge in [-0.05, 0) is 25.7 Å². The molecule has 1 saturated heterocycles. The summed E-state index contributed by atoms with van der Waals surface area (Å²) in [7, 11) is 0. The highest BCUT2D eigenvalue weighted by Gasteiger charge is 2.17. The van der Waals surface area contributed by atoms with E-state index >= 15 is 0 Å². The van der Waals surface area contributed by atoms with Gasteiger partial charge in [0.25, 0.3) is 0 Å². The highest BCUT2D eigenvalue weighted by atomic mass is 16.5. The van der Waals surface area contributed by atoms with Crippen molar-refractivity contribution in [1.29, 1.82) is 0 Å². The molecule has 1 fully saturated rings. The predicted octanol–water partition coefficient (Wildman–Crippen LogP) is 5.08. The second-order valence-corrected chi connectivity index (χ2v) is 5.28. The zero-order valence-electron chi connectivity index (χ0n) is 11.3. The quantitative estimate of drug-likeness (QED) is 0.574. The van der Waals surface area contributed by atoms with Crippen molar-refractivity contribution in [1.82, 2.24) is 0 Å². The minimum Gasteiger partial charge on any atom is -0.375 e. The molecule has 0 unspecified atom stereocenters. The van der Waals surface area contributed by atoms with Gasteiger partial charge in [0.2, 0.25) is 0 Å². The molecule has 0 amide bonds. The van der Waals surface area contributed by atoms with Gasteiger partial charge in [0, 0.05) is 0 Å². The Balaban J connectivity index is 2.20. The average Bonchev–Trinajstić information content (AvgIpc) is 2.27. The molecule has 0 N–H and O–H groups in total. The molecule has 0 spiro atoms. The summed E-state index contributed by atoms with van der Waals surface area (Å²) in [6.45, 7) is 4.54. The van der Waals surface area contributed by atoms with E-state index in [2.05, 4.69) is 13.8 Å². The van der Waals surface area contributed by atoms with Crippen LogP contribution < -0.4 is 0 Å². The molecule has 1 aliphatic heterocycles. The summed E-state index contributed by atoms with van der Waals surface area (Å²) in [6.07, 6.45) is 15.9. The van der Waals surface area contributed by atoms with Gasteiger partial charge >= 0.3 is 0 Å². The van der Waals surface area contributed by atoms with Crippen molar-refractivity contribution in [3.05, 3.63) is 0 Å². The van der Waals surface area contributed by atoms with Crippen LogP contribution in [0.25, 0.3) is 0 Å². The summed E-state index contributed by atoms with van der Waals surface area (Å²) in [6, 6.07) is 0. The van der Waals surface area contributed by atoms with E-state index in [0.29, 0.717) is 12.2 Å². The second kappa shape index (κ2) is 9.04. The summed E-state index contributed by atoms with van der Waals surface area (Å²) >= 11 is 0. The Kier molecular flexibility index (Phi) is 7.92. The molecule has 1 nitrogen and oxygen atoms in total. The molecule has 0 saturated carbocycles. The molecule has 1 heterocycles. The van der Waals surface area contributed by atoms with E-state index in [0.717, 1.165) is 0 Å². The van der Waals surface area contributed by atoms with Crippen molar-refractivity contribution in [2.24, 2.45) is 0 Å². The SMILES string of the molecule is CCCCCC[C@@H]1CCCCC[C@@H](CC)O1. The van der Waals surface area contributed by atoms with Crippen LogP contribution in [0.2, 0.25) is 0 Å². The standard InChI is InChI=1S/C15H30O/c1-3-5-6-8-12-15-13-10-7-9-11-14(4-2)16-15/h14-15H,3-13H2,1-2H3/t14-,15-/m1/s1. The molecule has 1 aliphatic rings. The number of ether oxygens (including phenoxy) is 1.